The van der Waals surface area contributed by atoms with Gasteiger partial charge in [0.05, 0.1) is 0 Å². The molecule has 1 heterocycles. The number of aliphatic hydroxyl groups excluding tert-OH is 1. The summed E-state index contributed by atoms with van der Waals surface area (Å²) < 4.78 is 0. The second-order valence-electron chi connectivity index (χ2n) is 5.43. The summed E-state index contributed by atoms with van der Waals surface area (Å²) in [7, 11) is 2.21. The van der Waals surface area contributed by atoms with Gasteiger partial charge in [-0.2, -0.15) is 0 Å². The molecule has 1 saturated heterocycles. The van der Waals surface area contributed by atoms with Crippen LogP contribution in [0.25, 0.3) is 0 Å². The summed E-state index contributed by atoms with van der Waals surface area (Å²) in [6.45, 7) is 8.79. The standard InChI is InChI=1S/C14H30N2O/c1-3-14(7-13-17)6-4-5-8-16-11-9-15(2)10-12-16/h14,17H,3-13H2,1-2H3. The van der Waals surface area contributed by atoms with E-state index in [1.54, 1.807) is 0 Å². The monoisotopic (exact) mass is 242 g/mol. The maximum atomic E-state index is 8.94. The predicted molar refractivity (Wildman–Crippen MR) is 73.3 cm³/mol. The van der Waals surface area contributed by atoms with E-state index in [4.69, 9.17) is 5.11 Å². The van der Waals surface area contributed by atoms with Gasteiger partial charge in [-0.3, -0.25) is 0 Å². The van der Waals surface area contributed by atoms with E-state index in [-0.39, 0.29) is 0 Å². The highest BCUT2D eigenvalue weighted by molar-refractivity contribution is 4.69. The van der Waals surface area contributed by atoms with Gasteiger partial charge in [-0.05, 0) is 32.4 Å². The van der Waals surface area contributed by atoms with E-state index in [2.05, 4.69) is 23.8 Å². The van der Waals surface area contributed by atoms with Crippen LogP contribution in [0.3, 0.4) is 0 Å². The van der Waals surface area contributed by atoms with E-state index in [1.807, 2.05) is 0 Å². The van der Waals surface area contributed by atoms with Gasteiger partial charge in [-0.25, -0.2) is 0 Å². The molecule has 0 aromatic heterocycles. The van der Waals surface area contributed by atoms with E-state index < -0.39 is 0 Å². The fourth-order valence-electron chi connectivity index (χ4n) is 2.58. The minimum atomic E-state index is 0.358. The molecule has 1 atom stereocenters. The molecule has 0 spiro atoms. The van der Waals surface area contributed by atoms with Crippen molar-refractivity contribution < 1.29 is 5.11 Å². The summed E-state index contributed by atoms with van der Waals surface area (Å²) in [5.74, 6) is 0.743. The molecule has 0 bridgehead atoms. The number of hydrogen-bond donors (Lipinski definition) is 1. The first-order valence-corrected chi connectivity index (χ1v) is 7.28. The lowest BCUT2D eigenvalue weighted by Crippen LogP contribution is -2.44. The van der Waals surface area contributed by atoms with Crippen molar-refractivity contribution in [3.05, 3.63) is 0 Å². The summed E-state index contributed by atoms with van der Waals surface area (Å²) in [5, 5.41) is 8.94. The van der Waals surface area contributed by atoms with Crippen LogP contribution in [-0.4, -0.2) is 61.3 Å². The zero-order valence-corrected chi connectivity index (χ0v) is 11.7. The zero-order chi connectivity index (χ0) is 12.5. The van der Waals surface area contributed by atoms with Gasteiger partial charge in [0, 0.05) is 32.8 Å². The number of rotatable bonds is 8. The van der Waals surface area contributed by atoms with E-state index in [1.165, 1.54) is 58.4 Å². The number of nitrogens with zero attached hydrogens (tertiary/aromatic N) is 2. The first-order chi connectivity index (χ1) is 8.26. The van der Waals surface area contributed by atoms with Crippen LogP contribution in [0.2, 0.25) is 0 Å². The van der Waals surface area contributed by atoms with Crippen molar-refractivity contribution in [2.24, 2.45) is 5.92 Å². The second kappa shape index (κ2) is 8.90. The zero-order valence-electron chi connectivity index (χ0n) is 11.7. The van der Waals surface area contributed by atoms with Gasteiger partial charge in [0.15, 0.2) is 0 Å². The predicted octanol–water partition coefficient (Wildman–Crippen LogP) is 1.81. The normalized spacial score (nSPS) is 20.6. The topological polar surface area (TPSA) is 26.7 Å². The third kappa shape index (κ3) is 6.39. The lowest BCUT2D eigenvalue weighted by atomic mass is 9.96. The quantitative estimate of drug-likeness (QED) is 0.658. The second-order valence-corrected chi connectivity index (χ2v) is 5.43. The van der Waals surface area contributed by atoms with Gasteiger partial charge in [0.1, 0.15) is 0 Å². The Balaban J connectivity index is 1.99. The van der Waals surface area contributed by atoms with Crippen molar-refractivity contribution in [3.63, 3.8) is 0 Å². The van der Waals surface area contributed by atoms with Crippen LogP contribution in [0, 0.1) is 5.92 Å². The fourth-order valence-corrected chi connectivity index (χ4v) is 2.58. The molecule has 3 heteroatoms. The molecular formula is C14H30N2O. The average molecular weight is 242 g/mol. The number of unbranched alkanes of at least 4 members (excludes halogenated alkanes) is 1. The van der Waals surface area contributed by atoms with Gasteiger partial charge in [0.25, 0.3) is 0 Å². The van der Waals surface area contributed by atoms with E-state index >= 15 is 0 Å². The van der Waals surface area contributed by atoms with Crippen LogP contribution in [0.5, 0.6) is 0 Å². The molecule has 0 saturated carbocycles. The molecule has 1 aliphatic heterocycles. The average Bonchev–Trinajstić information content (AvgIpc) is 2.35. The number of likely N-dealkylation sites (N-methyl/N-ethyl adjacent to an activating group) is 1. The molecule has 1 fully saturated rings. The van der Waals surface area contributed by atoms with Crippen molar-refractivity contribution in [2.75, 3.05) is 46.4 Å². The molecule has 102 valence electrons. The van der Waals surface area contributed by atoms with Crippen LogP contribution >= 0.6 is 0 Å². The Morgan fingerprint density at radius 3 is 2.35 bits per heavy atom. The molecule has 0 amide bonds. The van der Waals surface area contributed by atoms with Crippen molar-refractivity contribution in [1.82, 2.24) is 9.80 Å². The van der Waals surface area contributed by atoms with Crippen molar-refractivity contribution in [1.29, 1.82) is 0 Å². The highest BCUT2D eigenvalue weighted by atomic mass is 16.3. The van der Waals surface area contributed by atoms with Crippen LogP contribution in [0.4, 0.5) is 0 Å². The molecule has 1 N–H and O–H groups in total. The smallest absolute Gasteiger partial charge is 0.0433 e. The van der Waals surface area contributed by atoms with Gasteiger partial charge in [0.2, 0.25) is 0 Å². The molecule has 3 nitrogen and oxygen atoms in total. The van der Waals surface area contributed by atoms with Crippen LogP contribution < -0.4 is 0 Å². The van der Waals surface area contributed by atoms with Gasteiger partial charge < -0.3 is 14.9 Å². The minimum Gasteiger partial charge on any atom is -0.396 e. The molecule has 1 rings (SSSR count). The van der Waals surface area contributed by atoms with Crippen LogP contribution in [-0.2, 0) is 0 Å². The van der Waals surface area contributed by atoms with Gasteiger partial charge >= 0.3 is 0 Å². The van der Waals surface area contributed by atoms with Crippen LogP contribution in [0.15, 0.2) is 0 Å². The lowest BCUT2D eigenvalue weighted by molar-refractivity contribution is 0.151. The Bertz CT molecular complexity index is 179. The first-order valence-electron chi connectivity index (χ1n) is 7.28. The molecule has 1 unspecified atom stereocenters. The van der Waals surface area contributed by atoms with Crippen molar-refractivity contribution >= 4 is 0 Å². The highest BCUT2D eigenvalue weighted by Crippen LogP contribution is 2.16. The Morgan fingerprint density at radius 2 is 1.76 bits per heavy atom. The Morgan fingerprint density at radius 1 is 1.06 bits per heavy atom. The SMILES string of the molecule is CCC(CCO)CCCCN1CCN(C)CC1. The van der Waals surface area contributed by atoms with Crippen LogP contribution in [0.1, 0.15) is 39.0 Å². The third-order valence-electron chi connectivity index (χ3n) is 4.05. The fraction of sp³-hybridized carbons (Fsp3) is 1.00. The lowest BCUT2D eigenvalue weighted by Gasteiger charge is -2.32. The molecule has 0 radical (unpaired) electrons. The first kappa shape index (κ1) is 14.9. The molecule has 0 aliphatic carbocycles. The minimum absolute atomic E-state index is 0.358. The summed E-state index contributed by atoms with van der Waals surface area (Å²) >= 11 is 0. The summed E-state index contributed by atoms with van der Waals surface area (Å²) in [4.78, 5) is 5.00. The molecular weight excluding hydrogens is 212 g/mol. The maximum Gasteiger partial charge on any atom is 0.0433 e. The number of piperazine rings is 1. The maximum absolute atomic E-state index is 8.94. The van der Waals surface area contributed by atoms with E-state index in [9.17, 15) is 0 Å². The highest BCUT2D eigenvalue weighted by Gasteiger charge is 2.13. The molecule has 17 heavy (non-hydrogen) atoms. The van der Waals surface area contributed by atoms with E-state index in [0.29, 0.717) is 6.61 Å². The number of aliphatic hydroxyl groups is 1. The van der Waals surface area contributed by atoms with Crippen molar-refractivity contribution in [3.8, 4) is 0 Å². The largest absolute Gasteiger partial charge is 0.396 e. The van der Waals surface area contributed by atoms with Crippen molar-refractivity contribution in [2.45, 2.75) is 39.0 Å². The third-order valence-corrected chi connectivity index (χ3v) is 4.05. The molecule has 0 aromatic carbocycles. The molecule has 1 aliphatic rings. The Labute approximate surface area is 107 Å². The Hall–Kier alpha value is -0.120. The summed E-state index contributed by atoms with van der Waals surface area (Å²) in [5.41, 5.74) is 0. The summed E-state index contributed by atoms with van der Waals surface area (Å²) in [6, 6.07) is 0. The molecule has 0 aromatic rings. The van der Waals surface area contributed by atoms with E-state index in [0.717, 1.165) is 12.3 Å². The summed E-state index contributed by atoms with van der Waals surface area (Å²) in [6.07, 6.45) is 6.15. The Kier molecular flexibility index (Phi) is 7.82. The van der Waals surface area contributed by atoms with Gasteiger partial charge in [-0.1, -0.05) is 26.2 Å². The van der Waals surface area contributed by atoms with Gasteiger partial charge in [-0.15, -0.1) is 0 Å². The number of hydrogen-bond acceptors (Lipinski definition) is 3.